The standard InChI is InChI=1S/C13H19ClN2OS/c1-9(12(17)16-13(2,3)8-15)18-11-6-4-10(14)5-7-11/h4-7,9H,8,15H2,1-3H3,(H,16,17). The van der Waals surface area contributed by atoms with Gasteiger partial charge in [0.05, 0.1) is 5.25 Å². The van der Waals surface area contributed by atoms with Crippen LogP contribution in [-0.2, 0) is 4.79 Å². The van der Waals surface area contributed by atoms with Crippen molar-refractivity contribution in [1.82, 2.24) is 5.32 Å². The first-order valence-corrected chi connectivity index (χ1v) is 7.04. The van der Waals surface area contributed by atoms with E-state index in [-0.39, 0.29) is 16.7 Å². The van der Waals surface area contributed by atoms with Crippen LogP contribution in [0, 0.1) is 0 Å². The molecule has 0 saturated carbocycles. The molecule has 1 amide bonds. The molecule has 3 N–H and O–H groups in total. The summed E-state index contributed by atoms with van der Waals surface area (Å²) < 4.78 is 0. The van der Waals surface area contributed by atoms with Crippen LogP contribution in [0.3, 0.4) is 0 Å². The van der Waals surface area contributed by atoms with Crippen molar-refractivity contribution in [2.24, 2.45) is 5.73 Å². The normalized spacial score (nSPS) is 13.2. The average molecular weight is 287 g/mol. The molecule has 1 atom stereocenters. The van der Waals surface area contributed by atoms with E-state index in [0.717, 1.165) is 4.90 Å². The minimum absolute atomic E-state index is 0.00889. The molecular weight excluding hydrogens is 268 g/mol. The summed E-state index contributed by atoms with van der Waals surface area (Å²) in [5.41, 5.74) is 5.22. The zero-order valence-electron chi connectivity index (χ0n) is 10.9. The fraction of sp³-hybridized carbons (Fsp3) is 0.462. The highest BCUT2D eigenvalue weighted by Crippen LogP contribution is 2.25. The predicted molar refractivity (Wildman–Crippen MR) is 78.0 cm³/mol. The molecule has 3 nitrogen and oxygen atoms in total. The Hall–Kier alpha value is -0.710. The molecule has 1 rings (SSSR count). The monoisotopic (exact) mass is 286 g/mol. The lowest BCUT2D eigenvalue weighted by atomic mass is 10.1. The van der Waals surface area contributed by atoms with Crippen molar-refractivity contribution in [2.75, 3.05) is 6.54 Å². The van der Waals surface area contributed by atoms with Gasteiger partial charge >= 0.3 is 0 Å². The molecule has 0 saturated heterocycles. The van der Waals surface area contributed by atoms with Gasteiger partial charge in [-0.2, -0.15) is 0 Å². The second-order valence-corrected chi connectivity index (χ2v) is 6.64. The molecule has 0 heterocycles. The van der Waals surface area contributed by atoms with Gasteiger partial charge in [0.15, 0.2) is 0 Å². The van der Waals surface area contributed by atoms with Crippen molar-refractivity contribution in [3.63, 3.8) is 0 Å². The first kappa shape index (κ1) is 15.3. The average Bonchev–Trinajstić information content (AvgIpc) is 2.31. The summed E-state index contributed by atoms with van der Waals surface area (Å²) >= 11 is 7.31. The topological polar surface area (TPSA) is 55.1 Å². The number of rotatable bonds is 5. The van der Waals surface area contributed by atoms with Gasteiger partial charge in [-0.1, -0.05) is 11.6 Å². The van der Waals surface area contributed by atoms with Crippen LogP contribution in [0.5, 0.6) is 0 Å². The van der Waals surface area contributed by atoms with Crippen molar-refractivity contribution < 1.29 is 4.79 Å². The zero-order valence-corrected chi connectivity index (χ0v) is 12.4. The second kappa shape index (κ2) is 6.45. The minimum atomic E-state index is -0.369. The number of thioether (sulfide) groups is 1. The first-order chi connectivity index (χ1) is 8.34. The molecule has 1 aromatic rings. The Labute approximate surface area is 117 Å². The van der Waals surface area contributed by atoms with Crippen molar-refractivity contribution in [3.8, 4) is 0 Å². The molecule has 0 aliphatic carbocycles. The van der Waals surface area contributed by atoms with E-state index in [2.05, 4.69) is 5.32 Å². The van der Waals surface area contributed by atoms with E-state index >= 15 is 0 Å². The molecule has 0 fully saturated rings. The lowest BCUT2D eigenvalue weighted by molar-refractivity contribution is -0.121. The summed E-state index contributed by atoms with van der Waals surface area (Å²) in [6.45, 7) is 6.10. The van der Waals surface area contributed by atoms with E-state index in [1.165, 1.54) is 11.8 Å². The van der Waals surface area contributed by atoms with Crippen LogP contribution in [0.2, 0.25) is 5.02 Å². The van der Waals surface area contributed by atoms with Crippen LogP contribution in [0.25, 0.3) is 0 Å². The summed E-state index contributed by atoms with van der Waals surface area (Å²) in [6, 6.07) is 7.45. The van der Waals surface area contributed by atoms with Crippen molar-refractivity contribution in [2.45, 2.75) is 36.5 Å². The van der Waals surface area contributed by atoms with Crippen LogP contribution >= 0.6 is 23.4 Å². The van der Waals surface area contributed by atoms with Crippen molar-refractivity contribution in [1.29, 1.82) is 0 Å². The Morgan fingerprint density at radius 1 is 1.44 bits per heavy atom. The molecule has 5 heteroatoms. The van der Waals surface area contributed by atoms with Crippen LogP contribution in [0.15, 0.2) is 29.2 Å². The molecule has 100 valence electrons. The summed E-state index contributed by atoms with van der Waals surface area (Å²) in [4.78, 5) is 13.0. The molecule has 0 aliphatic heterocycles. The second-order valence-electron chi connectivity index (χ2n) is 4.79. The highest BCUT2D eigenvalue weighted by Gasteiger charge is 2.22. The lowest BCUT2D eigenvalue weighted by Crippen LogP contribution is -2.51. The molecule has 18 heavy (non-hydrogen) atoms. The molecule has 0 aliphatic rings. The number of nitrogens with one attached hydrogen (secondary N) is 1. The summed E-state index contributed by atoms with van der Waals surface area (Å²) in [5, 5.41) is 3.45. The number of nitrogens with two attached hydrogens (primary N) is 1. The smallest absolute Gasteiger partial charge is 0.233 e. The Balaban J connectivity index is 2.57. The van der Waals surface area contributed by atoms with E-state index in [4.69, 9.17) is 17.3 Å². The van der Waals surface area contributed by atoms with E-state index in [1.807, 2.05) is 45.0 Å². The summed E-state index contributed by atoms with van der Waals surface area (Å²) in [7, 11) is 0. The summed E-state index contributed by atoms with van der Waals surface area (Å²) in [6.07, 6.45) is 0. The Kier molecular flexibility index (Phi) is 5.50. The van der Waals surface area contributed by atoms with Crippen LogP contribution in [0.1, 0.15) is 20.8 Å². The number of amides is 1. The Morgan fingerprint density at radius 2 is 2.00 bits per heavy atom. The highest BCUT2D eigenvalue weighted by molar-refractivity contribution is 8.00. The van der Waals surface area contributed by atoms with Gasteiger partial charge in [0, 0.05) is 22.0 Å². The largest absolute Gasteiger partial charge is 0.349 e. The molecule has 0 bridgehead atoms. The number of carbonyl (C=O) groups is 1. The number of hydrogen-bond acceptors (Lipinski definition) is 3. The van der Waals surface area contributed by atoms with Gasteiger partial charge < -0.3 is 11.1 Å². The fourth-order valence-corrected chi connectivity index (χ4v) is 2.25. The molecule has 0 spiro atoms. The maximum Gasteiger partial charge on any atom is 0.233 e. The van der Waals surface area contributed by atoms with Crippen molar-refractivity contribution >= 4 is 29.3 Å². The first-order valence-electron chi connectivity index (χ1n) is 5.78. The van der Waals surface area contributed by atoms with E-state index < -0.39 is 0 Å². The third-order valence-electron chi connectivity index (χ3n) is 2.47. The zero-order chi connectivity index (χ0) is 13.8. The lowest BCUT2D eigenvalue weighted by Gasteiger charge is -2.26. The van der Waals surface area contributed by atoms with Crippen molar-refractivity contribution in [3.05, 3.63) is 29.3 Å². The van der Waals surface area contributed by atoms with Gasteiger partial charge in [0.25, 0.3) is 0 Å². The highest BCUT2D eigenvalue weighted by atomic mass is 35.5. The quantitative estimate of drug-likeness (QED) is 0.818. The van der Waals surface area contributed by atoms with Gasteiger partial charge in [-0.05, 0) is 45.0 Å². The van der Waals surface area contributed by atoms with E-state index in [1.54, 1.807) is 0 Å². The van der Waals surface area contributed by atoms with E-state index in [9.17, 15) is 4.79 Å². The van der Waals surface area contributed by atoms with Gasteiger partial charge in [-0.15, -0.1) is 11.8 Å². The fourth-order valence-electron chi connectivity index (χ4n) is 1.26. The number of halogens is 1. The minimum Gasteiger partial charge on any atom is -0.349 e. The SMILES string of the molecule is CC(Sc1ccc(Cl)cc1)C(=O)NC(C)(C)CN. The third kappa shape index (κ3) is 4.88. The predicted octanol–water partition coefficient (Wildman–Crippen LogP) is 2.67. The molecule has 1 aromatic carbocycles. The summed E-state index contributed by atoms with van der Waals surface area (Å²) in [5.74, 6) is -0.00889. The van der Waals surface area contributed by atoms with Crippen LogP contribution < -0.4 is 11.1 Å². The molecular formula is C13H19ClN2OS. The van der Waals surface area contributed by atoms with Gasteiger partial charge in [0.2, 0.25) is 5.91 Å². The Morgan fingerprint density at radius 3 is 2.50 bits per heavy atom. The van der Waals surface area contributed by atoms with Gasteiger partial charge in [-0.3, -0.25) is 4.79 Å². The van der Waals surface area contributed by atoms with Crippen LogP contribution in [-0.4, -0.2) is 23.2 Å². The molecule has 0 aromatic heterocycles. The third-order valence-corrected chi connectivity index (χ3v) is 3.83. The molecule has 0 radical (unpaired) electrons. The number of hydrogen-bond donors (Lipinski definition) is 2. The van der Waals surface area contributed by atoms with E-state index in [0.29, 0.717) is 11.6 Å². The van der Waals surface area contributed by atoms with Gasteiger partial charge in [0.1, 0.15) is 0 Å². The molecule has 1 unspecified atom stereocenters. The maximum absolute atomic E-state index is 12.0. The van der Waals surface area contributed by atoms with Crippen LogP contribution in [0.4, 0.5) is 0 Å². The van der Waals surface area contributed by atoms with Gasteiger partial charge in [-0.25, -0.2) is 0 Å². The maximum atomic E-state index is 12.0. The number of carbonyl (C=O) groups excluding carboxylic acids is 1. The number of benzene rings is 1. The Bertz CT molecular complexity index is 406.